The summed E-state index contributed by atoms with van der Waals surface area (Å²) in [6, 6.07) is 10.7. The fourth-order valence-electron chi connectivity index (χ4n) is 4.21. The summed E-state index contributed by atoms with van der Waals surface area (Å²) in [5.41, 5.74) is 0.851. The van der Waals surface area contributed by atoms with E-state index in [1.807, 2.05) is 0 Å². The van der Waals surface area contributed by atoms with Crippen molar-refractivity contribution < 1.29 is 22.7 Å². The zero-order chi connectivity index (χ0) is 26.5. The van der Waals surface area contributed by atoms with Gasteiger partial charge in [0, 0.05) is 17.6 Å². The number of ether oxygens (including phenoxy) is 1. The Kier molecular flexibility index (Phi) is 9.49. The predicted molar refractivity (Wildman–Crippen MR) is 142 cm³/mol. The van der Waals surface area contributed by atoms with Crippen molar-refractivity contribution >= 4 is 50.7 Å². The molecule has 2 aromatic rings. The Morgan fingerprint density at radius 1 is 1.11 bits per heavy atom. The summed E-state index contributed by atoms with van der Waals surface area (Å²) < 4.78 is 31.5. The van der Waals surface area contributed by atoms with Crippen molar-refractivity contribution in [1.29, 1.82) is 0 Å². The van der Waals surface area contributed by atoms with Crippen LogP contribution in [0.5, 0.6) is 5.75 Å². The van der Waals surface area contributed by atoms with Crippen LogP contribution in [0.4, 0.5) is 5.69 Å². The summed E-state index contributed by atoms with van der Waals surface area (Å²) >= 11 is 12.6. The monoisotopic (exact) mass is 555 g/mol. The summed E-state index contributed by atoms with van der Waals surface area (Å²) in [5.74, 6) is -0.472. The van der Waals surface area contributed by atoms with Crippen molar-refractivity contribution in [3.63, 3.8) is 0 Å². The number of anilines is 1. The second-order valence-corrected chi connectivity index (χ2v) is 11.6. The minimum absolute atomic E-state index is 0.0404. The fourth-order valence-corrected chi connectivity index (χ4v) is 5.50. The molecule has 2 amide bonds. The number of hydrogen-bond acceptors (Lipinski definition) is 5. The number of benzene rings is 2. The van der Waals surface area contributed by atoms with Crippen LogP contribution < -0.4 is 14.4 Å². The molecule has 0 unspecified atom stereocenters. The van der Waals surface area contributed by atoms with E-state index in [-0.39, 0.29) is 29.2 Å². The average molecular weight is 557 g/mol. The SMILES string of the molecule is COc1ccc(N(CC(=O)N(Cc2ccccc2Cl)[C@@H](C)C(=O)NC2CCCC2)S(C)(=O)=O)cc1Cl. The van der Waals surface area contributed by atoms with Gasteiger partial charge in [0.2, 0.25) is 21.8 Å². The van der Waals surface area contributed by atoms with Gasteiger partial charge in [-0.05, 0) is 49.6 Å². The first kappa shape index (κ1) is 28.1. The van der Waals surface area contributed by atoms with Gasteiger partial charge in [-0.1, -0.05) is 54.2 Å². The van der Waals surface area contributed by atoms with Gasteiger partial charge in [0.1, 0.15) is 18.3 Å². The Bertz CT molecular complexity index is 1200. The van der Waals surface area contributed by atoms with Crippen molar-refractivity contribution in [3.05, 3.63) is 58.1 Å². The second-order valence-electron chi connectivity index (χ2n) is 8.87. The molecule has 2 aromatic carbocycles. The number of halogens is 2. The van der Waals surface area contributed by atoms with Crippen LogP contribution in [0.15, 0.2) is 42.5 Å². The molecule has 8 nitrogen and oxygen atoms in total. The fraction of sp³-hybridized carbons (Fsp3) is 0.440. The summed E-state index contributed by atoms with van der Waals surface area (Å²) in [4.78, 5) is 28.1. The van der Waals surface area contributed by atoms with Gasteiger partial charge in [0.15, 0.2) is 0 Å². The van der Waals surface area contributed by atoms with Gasteiger partial charge in [-0.3, -0.25) is 13.9 Å². The number of nitrogens with one attached hydrogen (secondary N) is 1. The highest BCUT2D eigenvalue weighted by Gasteiger charge is 2.31. The van der Waals surface area contributed by atoms with E-state index in [9.17, 15) is 18.0 Å². The summed E-state index contributed by atoms with van der Waals surface area (Å²) in [6.45, 7) is 1.15. The molecule has 36 heavy (non-hydrogen) atoms. The lowest BCUT2D eigenvalue weighted by atomic mass is 10.1. The normalized spacial score (nSPS) is 14.8. The zero-order valence-electron chi connectivity index (χ0n) is 20.5. The molecule has 3 rings (SSSR count). The third-order valence-corrected chi connectivity index (χ3v) is 8.07. The zero-order valence-corrected chi connectivity index (χ0v) is 22.9. The quantitative estimate of drug-likeness (QED) is 0.472. The number of nitrogens with zero attached hydrogens (tertiary/aromatic N) is 2. The molecule has 1 aliphatic rings. The Labute approximate surface area is 222 Å². The maximum atomic E-state index is 13.6. The first-order valence-electron chi connectivity index (χ1n) is 11.7. The van der Waals surface area contributed by atoms with E-state index in [1.165, 1.54) is 30.2 Å². The molecule has 0 heterocycles. The van der Waals surface area contributed by atoms with Gasteiger partial charge in [-0.2, -0.15) is 0 Å². The van der Waals surface area contributed by atoms with Gasteiger partial charge in [0.25, 0.3) is 0 Å². The van der Waals surface area contributed by atoms with Crippen LogP contribution in [-0.4, -0.2) is 57.1 Å². The number of carbonyl (C=O) groups is 2. The van der Waals surface area contributed by atoms with Crippen molar-refractivity contribution in [3.8, 4) is 5.75 Å². The predicted octanol–water partition coefficient (Wildman–Crippen LogP) is 4.24. The van der Waals surface area contributed by atoms with Crippen molar-refractivity contribution in [1.82, 2.24) is 10.2 Å². The Hall–Kier alpha value is -2.49. The molecule has 1 fully saturated rings. The number of rotatable bonds is 10. The lowest BCUT2D eigenvalue weighted by molar-refractivity contribution is -0.139. The lowest BCUT2D eigenvalue weighted by Crippen LogP contribution is -2.52. The molecule has 1 atom stereocenters. The first-order chi connectivity index (χ1) is 17.0. The molecular weight excluding hydrogens is 525 g/mol. The number of carbonyl (C=O) groups excluding carboxylic acids is 2. The van der Waals surface area contributed by atoms with Crippen LogP contribution in [0, 0.1) is 0 Å². The van der Waals surface area contributed by atoms with Gasteiger partial charge < -0.3 is 15.0 Å². The van der Waals surface area contributed by atoms with E-state index < -0.39 is 28.5 Å². The Morgan fingerprint density at radius 3 is 2.36 bits per heavy atom. The molecule has 1 N–H and O–H groups in total. The number of sulfonamides is 1. The molecular formula is C25H31Cl2N3O5S. The minimum Gasteiger partial charge on any atom is -0.495 e. The van der Waals surface area contributed by atoms with Crippen LogP contribution in [0.1, 0.15) is 38.2 Å². The van der Waals surface area contributed by atoms with Crippen LogP contribution in [0.25, 0.3) is 0 Å². The van der Waals surface area contributed by atoms with Crippen LogP contribution >= 0.6 is 23.2 Å². The lowest BCUT2D eigenvalue weighted by Gasteiger charge is -2.32. The molecule has 11 heteroatoms. The topological polar surface area (TPSA) is 96.0 Å². The molecule has 1 saturated carbocycles. The molecule has 1 aliphatic carbocycles. The van der Waals surface area contributed by atoms with Gasteiger partial charge >= 0.3 is 0 Å². The number of methoxy groups -OCH3 is 1. The largest absolute Gasteiger partial charge is 0.495 e. The third-order valence-electron chi connectivity index (χ3n) is 6.27. The van der Waals surface area contributed by atoms with Crippen molar-refractivity contribution in [2.75, 3.05) is 24.2 Å². The Balaban J connectivity index is 1.91. The second kappa shape index (κ2) is 12.2. The first-order valence-corrected chi connectivity index (χ1v) is 14.3. The van der Waals surface area contributed by atoms with Crippen molar-refractivity contribution in [2.45, 2.75) is 51.2 Å². The van der Waals surface area contributed by atoms with Gasteiger partial charge in [-0.25, -0.2) is 8.42 Å². The van der Waals surface area contributed by atoms with Crippen LogP contribution in [0.3, 0.4) is 0 Å². The summed E-state index contributed by atoms with van der Waals surface area (Å²) in [6.07, 6.45) is 4.91. The molecule has 0 radical (unpaired) electrons. The molecule has 0 saturated heterocycles. The average Bonchev–Trinajstić information content (AvgIpc) is 3.33. The molecule has 0 spiro atoms. The third kappa shape index (κ3) is 7.05. The van der Waals surface area contributed by atoms with E-state index in [1.54, 1.807) is 31.2 Å². The van der Waals surface area contributed by atoms with Crippen LogP contribution in [-0.2, 0) is 26.2 Å². The smallest absolute Gasteiger partial charge is 0.244 e. The van der Waals surface area contributed by atoms with Gasteiger partial charge in [0.05, 0.1) is 24.1 Å². The number of hydrogen-bond donors (Lipinski definition) is 1. The van der Waals surface area contributed by atoms with E-state index in [4.69, 9.17) is 27.9 Å². The highest BCUT2D eigenvalue weighted by molar-refractivity contribution is 7.92. The summed E-state index contributed by atoms with van der Waals surface area (Å²) in [7, 11) is -2.42. The molecule has 0 aliphatic heterocycles. The standard InChI is InChI=1S/C25H31Cl2N3O5S/c1-17(25(32)28-19-9-5-6-10-19)29(15-18-8-4-7-11-21(18)26)24(31)16-30(36(3,33)34)20-12-13-23(35-2)22(27)14-20/h4,7-8,11-14,17,19H,5-6,9-10,15-16H2,1-3H3,(H,28,32)/t17-/m0/s1. The Morgan fingerprint density at radius 2 is 1.78 bits per heavy atom. The molecule has 0 bridgehead atoms. The highest BCUT2D eigenvalue weighted by Crippen LogP contribution is 2.30. The van der Waals surface area contributed by atoms with Crippen molar-refractivity contribution in [2.24, 2.45) is 0 Å². The maximum Gasteiger partial charge on any atom is 0.244 e. The van der Waals surface area contributed by atoms with E-state index in [0.29, 0.717) is 16.3 Å². The minimum atomic E-state index is -3.87. The van der Waals surface area contributed by atoms with Crippen LogP contribution in [0.2, 0.25) is 10.0 Å². The summed E-state index contributed by atoms with van der Waals surface area (Å²) in [5, 5.41) is 3.67. The van der Waals surface area contributed by atoms with E-state index in [2.05, 4.69) is 5.32 Å². The number of amides is 2. The van der Waals surface area contributed by atoms with E-state index in [0.717, 1.165) is 36.2 Å². The maximum absolute atomic E-state index is 13.6. The van der Waals surface area contributed by atoms with E-state index >= 15 is 0 Å². The molecule has 0 aromatic heterocycles. The highest BCUT2D eigenvalue weighted by atomic mass is 35.5. The molecule has 196 valence electrons. The van der Waals surface area contributed by atoms with Gasteiger partial charge in [-0.15, -0.1) is 0 Å².